The number of carbonyl (C=O) groups excluding carboxylic acids is 1. The van der Waals surface area contributed by atoms with Gasteiger partial charge in [-0.2, -0.15) is 0 Å². The number of likely N-dealkylation sites (tertiary alicyclic amines) is 1. The smallest absolute Gasteiger partial charge is 0.355 e. The molecule has 6 nitrogen and oxygen atoms in total. The van der Waals surface area contributed by atoms with Gasteiger partial charge in [0.1, 0.15) is 0 Å². The van der Waals surface area contributed by atoms with Crippen LogP contribution in [0.1, 0.15) is 40.1 Å². The molecule has 1 aliphatic heterocycles. The van der Waals surface area contributed by atoms with Crippen LogP contribution in [-0.4, -0.2) is 50.7 Å². The van der Waals surface area contributed by atoms with Crippen molar-refractivity contribution < 1.29 is 19.8 Å². The maximum atomic E-state index is 12.1. The molecular formula is C11H14N2O4S. The number of carboxylic acid groups (broad SMARTS) is 1. The highest BCUT2D eigenvalue weighted by Gasteiger charge is 2.32. The van der Waals surface area contributed by atoms with E-state index in [1.54, 1.807) is 6.92 Å². The van der Waals surface area contributed by atoms with Crippen molar-refractivity contribution in [2.75, 3.05) is 13.1 Å². The molecule has 1 saturated heterocycles. The first-order valence-electron chi connectivity index (χ1n) is 5.59. The van der Waals surface area contributed by atoms with Crippen LogP contribution < -0.4 is 0 Å². The van der Waals surface area contributed by atoms with E-state index in [2.05, 4.69) is 4.98 Å². The third-order valence-electron chi connectivity index (χ3n) is 2.87. The Hall–Kier alpha value is -1.47. The Morgan fingerprint density at radius 2 is 2.28 bits per heavy atom. The summed E-state index contributed by atoms with van der Waals surface area (Å²) in [6.07, 6.45) is 1.39. The highest BCUT2D eigenvalue weighted by Crippen LogP contribution is 2.22. The number of thiazole rings is 1. The molecule has 0 aromatic carbocycles. The second kappa shape index (κ2) is 4.66. The van der Waals surface area contributed by atoms with Crippen LogP contribution in [0.4, 0.5) is 0 Å². The van der Waals surface area contributed by atoms with Crippen molar-refractivity contribution >= 4 is 23.2 Å². The third kappa shape index (κ3) is 2.68. The lowest BCUT2D eigenvalue weighted by Crippen LogP contribution is -2.48. The van der Waals surface area contributed by atoms with Gasteiger partial charge in [-0.15, -0.1) is 11.3 Å². The summed E-state index contributed by atoms with van der Waals surface area (Å²) in [5.41, 5.74) is -0.993. The number of aromatic carboxylic acids is 1. The van der Waals surface area contributed by atoms with E-state index in [4.69, 9.17) is 5.11 Å². The van der Waals surface area contributed by atoms with Crippen molar-refractivity contribution in [2.45, 2.75) is 25.4 Å². The fraction of sp³-hybridized carbons (Fsp3) is 0.545. The number of aliphatic hydroxyl groups is 1. The monoisotopic (exact) mass is 270 g/mol. The van der Waals surface area contributed by atoms with Crippen molar-refractivity contribution in [1.82, 2.24) is 9.88 Å². The van der Waals surface area contributed by atoms with Crippen molar-refractivity contribution in [3.63, 3.8) is 0 Å². The summed E-state index contributed by atoms with van der Waals surface area (Å²) in [7, 11) is 0. The zero-order valence-electron chi connectivity index (χ0n) is 9.92. The highest BCUT2D eigenvalue weighted by atomic mass is 32.1. The van der Waals surface area contributed by atoms with Crippen molar-refractivity contribution in [3.05, 3.63) is 16.1 Å². The minimum absolute atomic E-state index is 0.118. The number of carbonyl (C=O) groups is 2. The van der Waals surface area contributed by atoms with Gasteiger partial charge in [0.25, 0.3) is 5.91 Å². The van der Waals surface area contributed by atoms with Crippen molar-refractivity contribution in [1.29, 1.82) is 0 Å². The lowest BCUT2D eigenvalue weighted by atomic mass is 9.95. The van der Waals surface area contributed by atoms with E-state index in [0.717, 1.165) is 17.8 Å². The summed E-state index contributed by atoms with van der Waals surface area (Å²) < 4.78 is 0. The largest absolute Gasteiger partial charge is 0.476 e. The van der Waals surface area contributed by atoms with Gasteiger partial charge >= 0.3 is 5.97 Å². The van der Waals surface area contributed by atoms with Crippen LogP contribution in [0.25, 0.3) is 0 Å². The van der Waals surface area contributed by atoms with E-state index in [9.17, 15) is 14.7 Å². The summed E-state index contributed by atoms with van der Waals surface area (Å²) >= 11 is 1.01. The highest BCUT2D eigenvalue weighted by molar-refractivity contribution is 7.11. The summed E-state index contributed by atoms with van der Waals surface area (Å²) in [4.78, 5) is 28.1. The second-order valence-electron chi connectivity index (χ2n) is 4.67. The first-order chi connectivity index (χ1) is 8.39. The Kier molecular flexibility index (Phi) is 3.36. The molecule has 1 fully saturated rings. The molecule has 2 N–H and O–H groups in total. The molecule has 1 amide bonds. The minimum atomic E-state index is -1.14. The zero-order chi connectivity index (χ0) is 13.3. The van der Waals surface area contributed by atoms with Crippen LogP contribution in [0, 0.1) is 0 Å². The molecule has 2 heterocycles. The summed E-state index contributed by atoms with van der Waals surface area (Å²) in [6, 6.07) is 0. The van der Waals surface area contributed by atoms with E-state index in [1.807, 2.05) is 0 Å². The van der Waals surface area contributed by atoms with Gasteiger partial charge in [0.05, 0.1) is 5.60 Å². The predicted octanol–water partition coefficient (Wildman–Crippen LogP) is 0.828. The first-order valence-corrected chi connectivity index (χ1v) is 6.47. The molecule has 18 heavy (non-hydrogen) atoms. The molecule has 1 aliphatic rings. The van der Waals surface area contributed by atoms with Crippen LogP contribution in [0.15, 0.2) is 5.38 Å². The van der Waals surface area contributed by atoms with E-state index in [0.29, 0.717) is 13.0 Å². The van der Waals surface area contributed by atoms with Crippen LogP contribution in [-0.2, 0) is 0 Å². The number of piperidine rings is 1. The van der Waals surface area contributed by atoms with Gasteiger partial charge in [0.15, 0.2) is 10.7 Å². The Labute approximate surface area is 108 Å². The molecule has 0 saturated carbocycles. The quantitative estimate of drug-likeness (QED) is 0.830. The molecule has 0 bridgehead atoms. The SMILES string of the molecule is CC1(O)CCCN(C(=O)c2nc(C(=O)O)cs2)C1. The lowest BCUT2D eigenvalue weighted by molar-refractivity contribution is -0.0107. The third-order valence-corrected chi connectivity index (χ3v) is 3.70. The van der Waals surface area contributed by atoms with E-state index >= 15 is 0 Å². The molecule has 98 valence electrons. The van der Waals surface area contributed by atoms with Gasteiger partial charge in [0.2, 0.25) is 0 Å². The Balaban J connectivity index is 2.13. The standard InChI is InChI=1S/C11H14N2O4S/c1-11(17)3-2-4-13(6-11)9(14)8-12-7(5-18-8)10(15)16/h5,17H,2-4,6H2,1H3,(H,15,16). The summed E-state index contributed by atoms with van der Waals surface area (Å²) in [5, 5.41) is 20.2. The number of carboxylic acids is 1. The van der Waals surface area contributed by atoms with Crippen molar-refractivity contribution in [2.24, 2.45) is 0 Å². The van der Waals surface area contributed by atoms with Gasteiger partial charge in [-0.05, 0) is 19.8 Å². The molecule has 1 aromatic heterocycles. The molecule has 0 radical (unpaired) electrons. The fourth-order valence-electron chi connectivity index (χ4n) is 2.00. The average Bonchev–Trinajstić information content (AvgIpc) is 2.76. The molecule has 0 aliphatic carbocycles. The summed E-state index contributed by atoms with van der Waals surface area (Å²) in [6.45, 7) is 2.52. The summed E-state index contributed by atoms with van der Waals surface area (Å²) in [5.74, 6) is -1.46. The minimum Gasteiger partial charge on any atom is -0.476 e. The Morgan fingerprint density at radius 1 is 1.56 bits per heavy atom. The molecule has 7 heteroatoms. The van der Waals surface area contributed by atoms with Gasteiger partial charge in [-0.3, -0.25) is 4.79 Å². The van der Waals surface area contributed by atoms with E-state index in [-0.39, 0.29) is 23.2 Å². The molecular weight excluding hydrogens is 256 g/mol. The fourth-order valence-corrected chi connectivity index (χ4v) is 2.76. The Bertz CT molecular complexity index is 483. The average molecular weight is 270 g/mol. The van der Waals surface area contributed by atoms with Crippen LogP contribution in [0.5, 0.6) is 0 Å². The van der Waals surface area contributed by atoms with Gasteiger partial charge in [-0.1, -0.05) is 0 Å². The molecule has 2 rings (SSSR count). The normalized spacial score (nSPS) is 24.0. The maximum Gasteiger partial charge on any atom is 0.355 e. The predicted molar refractivity (Wildman–Crippen MR) is 64.8 cm³/mol. The number of hydrogen-bond acceptors (Lipinski definition) is 5. The van der Waals surface area contributed by atoms with Gasteiger partial charge < -0.3 is 15.1 Å². The zero-order valence-corrected chi connectivity index (χ0v) is 10.7. The van der Waals surface area contributed by atoms with Crippen LogP contribution in [0.2, 0.25) is 0 Å². The maximum absolute atomic E-state index is 12.1. The Morgan fingerprint density at radius 3 is 2.83 bits per heavy atom. The number of hydrogen-bond donors (Lipinski definition) is 2. The lowest BCUT2D eigenvalue weighted by Gasteiger charge is -2.36. The van der Waals surface area contributed by atoms with Gasteiger partial charge in [-0.25, -0.2) is 9.78 Å². The van der Waals surface area contributed by atoms with Crippen molar-refractivity contribution in [3.8, 4) is 0 Å². The molecule has 1 unspecified atom stereocenters. The number of nitrogens with zero attached hydrogens (tertiary/aromatic N) is 2. The molecule has 1 aromatic rings. The molecule has 1 atom stereocenters. The topological polar surface area (TPSA) is 90.7 Å². The number of aromatic nitrogens is 1. The van der Waals surface area contributed by atoms with E-state index in [1.165, 1.54) is 10.3 Å². The number of β-amino-alcohol motifs (C(OH)–C–C–N with tert-alkyl or cyclic N) is 1. The van der Waals surface area contributed by atoms with Crippen LogP contribution >= 0.6 is 11.3 Å². The van der Waals surface area contributed by atoms with Crippen LogP contribution in [0.3, 0.4) is 0 Å². The number of amides is 1. The second-order valence-corrected chi connectivity index (χ2v) is 5.53. The van der Waals surface area contributed by atoms with E-state index < -0.39 is 11.6 Å². The number of rotatable bonds is 2. The first kappa shape index (κ1) is 13.0. The molecule has 0 spiro atoms. The van der Waals surface area contributed by atoms with Gasteiger partial charge in [0, 0.05) is 18.5 Å².